The molecule has 0 aliphatic carbocycles. The third-order valence-electron chi connectivity index (χ3n) is 3.77. The number of nitrogens with one attached hydrogen (secondary N) is 1. The van der Waals surface area contributed by atoms with Crippen LogP contribution in [0.4, 0.5) is 5.69 Å². The molecule has 0 radical (unpaired) electrons. The first kappa shape index (κ1) is 16.7. The SMILES string of the molecule is CCc1ccc(/C=C2/SC(=S)N(Nc3ccc(C)cc3)C2=O)cc1. The Hall–Kier alpha value is -2.11. The number of benzene rings is 2. The van der Waals surface area contributed by atoms with Crippen LogP contribution in [-0.4, -0.2) is 15.2 Å². The lowest BCUT2D eigenvalue weighted by molar-refractivity contribution is -0.121. The fraction of sp³-hybridized carbons (Fsp3) is 0.158. The number of hydrogen-bond donors (Lipinski definition) is 1. The number of aryl methyl sites for hydroxylation is 2. The second-order valence-electron chi connectivity index (χ2n) is 5.59. The van der Waals surface area contributed by atoms with Gasteiger partial charge in [-0.3, -0.25) is 10.2 Å². The lowest BCUT2D eigenvalue weighted by atomic mass is 10.1. The van der Waals surface area contributed by atoms with Crippen LogP contribution < -0.4 is 5.43 Å². The summed E-state index contributed by atoms with van der Waals surface area (Å²) in [4.78, 5) is 13.2. The molecule has 1 aliphatic rings. The van der Waals surface area contributed by atoms with E-state index in [1.807, 2.05) is 49.4 Å². The van der Waals surface area contributed by atoms with Gasteiger partial charge in [-0.1, -0.05) is 60.6 Å². The van der Waals surface area contributed by atoms with E-state index in [9.17, 15) is 4.79 Å². The molecule has 1 aliphatic heterocycles. The minimum absolute atomic E-state index is 0.120. The standard InChI is InChI=1S/C19H18N2OS2/c1-3-14-6-8-15(9-7-14)12-17-18(22)21(19(23)24-17)20-16-10-4-13(2)5-11-16/h4-12,20H,3H2,1-2H3/b17-12+. The van der Waals surface area contributed by atoms with E-state index in [0.29, 0.717) is 9.23 Å². The van der Waals surface area contributed by atoms with Crippen LogP contribution in [0.2, 0.25) is 0 Å². The predicted octanol–water partition coefficient (Wildman–Crippen LogP) is 4.79. The zero-order chi connectivity index (χ0) is 17.1. The van der Waals surface area contributed by atoms with Gasteiger partial charge >= 0.3 is 0 Å². The summed E-state index contributed by atoms with van der Waals surface area (Å²) in [6.45, 7) is 4.15. The minimum atomic E-state index is -0.120. The summed E-state index contributed by atoms with van der Waals surface area (Å²) < 4.78 is 0.511. The van der Waals surface area contributed by atoms with Gasteiger partial charge in [0.2, 0.25) is 0 Å². The van der Waals surface area contributed by atoms with E-state index < -0.39 is 0 Å². The molecule has 0 bridgehead atoms. The summed E-state index contributed by atoms with van der Waals surface area (Å²) >= 11 is 6.66. The minimum Gasteiger partial charge on any atom is -0.290 e. The fourth-order valence-electron chi connectivity index (χ4n) is 2.32. The molecule has 0 unspecified atom stereocenters. The van der Waals surface area contributed by atoms with Crippen molar-refractivity contribution in [2.45, 2.75) is 20.3 Å². The van der Waals surface area contributed by atoms with Crippen LogP contribution in [0.5, 0.6) is 0 Å². The van der Waals surface area contributed by atoms with Crippen molar-refractivity contribution in [2.24, 2.45) is 0 Å². The number of anilines is 1. The molecule has 1 fully saturated rings. The second-order valence-corrected chi connectivity index (χ2v) is 7.27. The number of hydrogen-bond acceptors (Lipinski definition) is 4. The molecular formula is C19H18N2OS2. The molecular weight excluding hydrogens is 336 g/mol. The molecule has 2 aromatic rings. The molecule has 1 N–H and O–H groups in total. The summed E-state index contributed by atoms with van der Waals surface area (Å²) in [6, 6.07) is 16.1. The molecule has 0 saturated carbocycles. The van der Waals surface area contributed by atoms with Gasteiger partial charge in [-0.25, -0.2) is 5.01 Å². The van der Waals surface area contributed by atoms with Crippen LogP contribution in [0.25, 0.3) is 6.08 Å². The number of nitrogens with zero attached hydrogens (tertiary/aromatic N) is 1. The molecule has 24 heavy (non-hydrogen) atoms. The van der Waals surface area contributed by atoms with E-state index >= 15 is 0 Å². The number of amides is 1. The number of hydrazine groups is 1. The molecule has 0 aromatic heterocycles. The average Bonchev–Trinajstić information content (AvgIpc) is 2.85. The highest BCUT2D eigenvalue weighted by Crippen LogP contribution is 2.32. The highest BCUT2D eigenvalue weighted by molar-refractivity contribution is 8.26. The lowest BCUT2D eigenvalue weighted by Crippen LogP contribution is -2.33. The Morgan fingerprint density at radius 3 is 2.42 bits per heavy atom. The monoisotopic (exact) mass is 354 g/mol. The van der Waals surface area contributed by atoms with Crippen LogP contribution in [-0.2, 0) is 11.2 Å². The van der Waals surface area contributed by atoms with Gasteiger partial charge in [0.1, 0.15) is 0 Å². The molecule has 1 heterocycles. The van der Waals surface area contributed by atoms with Crippen LogP contribution in [0.1, 0.15) is 23.6 Å². The molecule has 0 spiro atoms. The van der Waals surface area contributed by atoms with Crippen LogP contribution in [0.3, 0.4) is 0 Å². The third-order valence-corrected chi connectivity index (χ3v) is 5.07. The van der Waals surface area contributed by atoms with Gasteiger partial charge in [-0.15, -0.1) is 0 Å². The van der Waals surface area contributed by atoms with Crippen LogP contribution in [0, 0.1) is 6.92 Å². The van der Waals surface area contributed by atoms with Gasteiger partial charge in [0.15, 0.2) is 4.32 Å². The predicted molar refractivity (Wildman–Crippen MR) is 106 cm³/mol. The van der Waals surface area contributed by atoms with E-state index in [0.717, 1.165) is 17.7 Å². The fourth-order valence-corrected chi connectivity index (χ4v) is 3.50. The second kappa shape index (κ2) is 7.20. The highest BCUT2D eigenvalue weighted by Gasteiger charge is 2.32. The Morgan fingerprint density at radius 1 is 1.12 bits per heavy atom. The molecule has 1 saturated heterocycles. The summed E-state index contributed by atoms with van der Waals surface area (Å²) in [5.41, 5.74) is 7.37. The normalized spacial score (nSPS) is 16.1. The van der Waals surface area contributed by atoms with Crippen molar-refractivity contribution in [1.82, 2.24) is 5.01 Å². The average molecular weight is 355 g/mol. The van der Waals surface area contributed by atoms with E-state index in [1.54, 1.807) is 0 Å². The largest absolute Gasteiger partial charge is 0.290 e. The molecule has 5 heteroatoms. The topological polar surface area (TPSA) is 32.3 Å². The first-order valence-electron chi connectivity index (χ1n) is 7.77. The summed E-state index contributed by atoms with van der Waals surface area (Å²) in [6.07, 6.45) is 2.89. The van der Waals surface area contributed by atoms with Crippen molar-refractivity contribution in [1.29, 1.82) is 0 Å². The number of carbonyl (C=O) groups excluding carboxylic acids is 1. The van der Waals surface area contributed by atoms with Crippen molar-refractivity contribution in [3.8, 4) is 0 Å². The van der Waals surface area contributed by atoms with Gasteiger partial charge in [0.25, 0.3) is 5.91 Å². The smallest absolute Gasteiger partial charge is 0.285 e. The van der Waals surface area contributed by atoms with Gasteiger partial charge in [0, 0.05) is 0 Å². The summed E-state index contributed by atoms with van der Waals surface area (Å²) in [5, 5.41) is 1.43. The molecule has 3 nitrogen and oxygen atoms in total. The van der Waals surface area contributed by atoms with Gasteiger partial charge in [-0.05, 0) is 54.9 Å². The lowest BCUT2D eigenvalue weighted by Gasteiger charge is -2.17. The van der Waals surface area contributed by atoms with Crippen LogP contribution in [0.15, 0.2) is 53.4 Å². The van der Waals surface area contributed by atoms with E-state index in [4.69, 9.17) is 12.2 Å². The van der Waals surface area contributed by atoms with Gasteiger partial charge < -0.3 is 0 Å². The summed E-state index contributed by atoms with van der Waals surface area (Å²) in [5.74, 6) is -0.120. The maximum Gasteiger partial charge on any atom is 0.285 e. The first-order chi connectivity index (χ1) is 11.6. The maximum absolute atomic E-state index is 12.6. The highest BCUT2D eigenvalue weighted by atomic mass is 32.2. The Balaban J connectivity index is 1.77. The number of thiocarbonyl (C=S) groups is 1. The van der Waals surface area contributed by atoms with Crippen molar-refractivity contribution in [3.05, 3.63) is 70.1 Å². The Labute approximate surface area is 151 Å². The van der Waals surface area contributed by atoms with Crippen molar-refractivity contribution < 1.29 is 4.79 Å². The molecule has 122 valence electrons. The van der Waals surface area contributed by atoms with Crippen molar-refractivity contribution >= 4 is 46.0 Å². The Morgan fingerprint density at radius 2 is 1.79 bits per heavy atom. The zero-order valence-electron chi connectivity index (χ0n) is 13.6. The maximum atomic E-state index is 12.6. The third kappa shape index (κ3) is 3.68. The molecule has 2 aromatic carbocycles. The summed E-state index contributed by atoms with van der Waals surface area (Å²) in [7, 11) is 0. The molecule has 3 rings (SSSR count). The van der Waals surface area contributed by atoms with E-state index in [1.165, 1.54) is 27.9 Å². The van der Waals surface area contributed by atoms with Crippen molar-refractivity contribution in [3.63, 3.8) is 0 Å². The molecule has 0 atom stereocenters. The van der Waals surface area contributed by atoms with Crippen molar-refractivity contribution in [2.75, 3.05) is 5.43 Å². The number of rotatable bonds is 4. The van der Waals surface area contributed by atoms with Crippen LogP contribution >= 0.6 is 24.0 Å². The quantitative estimate of drug-likeness (QED) is 0.632. The number of thioether (sulfide) groups is 1. The number of carbonyl (C=O) groups is 1. The zero-order valence-corrected chi connectivity index (χ0v) is 15.2. The Bertz CT molecular complexity index is 795. The Kier molecular flexibility index (Phi) is 5.02. The van der Waals surface area contributed by atoms with E-state index in [2.05, 4.69) is 24.5 Å². The van der Waals surface area contributed by atoms with Gasteiger partial charge in [0.05, 0.1) is 10.6 Å². The van der Waals surface area contributed by atoms with Gasteiger partial charge in [-0.2, -0.15) is 0 Å². The first-order valence-corrected chi connectivity index (χ1v) is 8.99. The molecule has 1 amide bonds. The van der Waals surface area contributed by atoms with E-state index in [-0.39, 0.29) is 5.91 Å².